The number of hydrogen-bond donors (Lipinski definition) is 0. The Bertz CT molecular complexity index is 738. The van der Waals surface area contributed by atoms with Gasteiger partial charge in [0.2, 0.25) is 0 Å². The minimum atomic E-state index is -0.562. The maximum absolute atomic E-state index is 13.6. The average molecular weight is 255 g/mol. The fraction of sp³-hybridized carbons (Fsp3) is 0.0625. The molecule has 0 saturated heterocycles. The van der Waals surface area contributed by atoms with Crippen molar-refractivity contribution in [1.29, 1.82) is 0 Å². The van der Waals surface area contributed by atoms with Crippen LogP contribution in [0.2, 0.25) is 0 Å². The highest BCUT2D eigenvalue weighted by Gasteiger charge is 2.06. The molecule has 0 N–H and O–H groups in total. The molecule has 3 aromatic rings. The lowest BCUT2D eigenvalue weighted by atomic mass is 10.1. The van der Waals surface area contributed by atoms with Crippen LogP contribution in [-0.4, -0.2) is 4.98 Å². The predicted octanol–water partition coefficient (Wildman–Crippen LogP) is 4.10. The second-order valence-electron chi connectivity index (χ2n) is 4.44. The minimum absolute atomic E-state index is 0.358. The van der Waals surface area contributed by atoms with Crippen LogP contribution in [0.4, 0.5) is 8.78 Å². The lowest BCUT2D eigenvalue weighted by molar-refractivity contribution is 0.574. The van der Waals surface area contributed by atoms with Gasteiger partial charge < -0.3 is 0 Å². The van der Waals surface area contributed by atoms with Gasteiger partial charge in [0.05, 0.1) is 0 Å². The molecule has 0 aliphatic carbocycles. The van der Waals surface area contributed by atoms with Crippen LogP contribution in [0.3, 0.4) is 0 Å². The fourth-order valence-corrected chi connectivity index (χ4v) is 2.09. The van der Waals surface area contributed by atoms with E-state index >= 15 is 0 Å². The molecule has 1 heterocycles. The van der Waals surface area contributed by atoms with Crippen LogP contribution >= 0.6 is 0 Å². The first kappa shape index (κ1) is 11.8. The van der Waals surface area contributed by atoms with Gasteiger partial charge in [-0.3, -0.25) is 4.98 Å². The summed E-state index contributed by atoms with van der Waals surface area (Å²) in [6.07, 6.45) is 2.13. The highest BCUT2D eigenvalue weighted by atomic mass is 19.1. The summed E-state index contributed by atoms with van der Waals surface area (Å²) >= 11 is 0. The van der Waals surface area contributed by atoms with Crippen LogP contribution in [-0.2, 0) is 6.42 Å². The van der Waals surface area contributed by atoms with Gasteiger partial charge in [-0.25, -0.2) is 8.78 Å². The highest BCUT2D eigenvalue weighted by Crippen LogP contribution is 2.17. The van der Waals surface area contributed by atoms with Gasteiger partial charge in [-0.1, -0.05) is 30.3 Å². The summed E-state index contributed by atoms with van der Waals surface area (Å²) in [5.74, 6) is -1.09. The van der Waals surface area contributed by atoms with Gasteiger partial charge in [0, 0.05) is 29.8 Å². The third kappa shape index (κ3) is 2.45. The van der Waals surface area contributed by atoms with E-state index in [1.54, 1.807) is 6.20 Å². The van der Waals surface area contributed by atoms with Crippen LogP contribution in [0, 0.1) is 11.6 Å². The van der Waals surface area contributed by atoms with Crippen LogP contribution in [0.15, 0.2) is 54.7 Å². The van der Waals surface area contributed by atoms with Gasteiger partial charge in [-0.2, -0.15) is 0 Å². The second-order valence-corrected chi connectivity index (χ2v) is 4.44. The van der Waals surface area contributed by atoms with Crippen molar-refractivity contribution >= 4 is 10.8 Å². The smallest absolute Gasteiger partial charge is 0.129 e. The van der Waals surface area contributed by atoms with Crippen molar-refractivity contribution in [3.05, 3.63) is 77.6 Å². The van der Waals surface area contributed by atoms with Gasteiger partial charge in [0.15, 0.2) is 0 Å². The molecule has 3 rings (SSSR count). The Morgan fingerprint density at radius 2 is 1.68 bits per heavy atom. The summed E-state index contributed by atoms with van der Waals surface area (Å²) < 4.78 is 26.4. The van der Waals surface area contributed by atoms with E-state index in [4.69, 9.17) is 0 Å². The van der Waals surface area contributed by atoms with E-state index in [1.165, 1.54) is 12.1 Å². The molecule has 0 unspecified atom stereocenters. The summed E-state index contributed by atoms with van der Waals surface area (Å²) in [5.41, 5.74) is 1.22. The third-order valence-electron chi connectivity index (χ3n) is 3.07. The van der Waals surface area contributed by atoms with E-state index in [2.05, 4.69) is 4.98 Å². The van der Waals surface area contributed by atoms with E-state index in [9.17, 15) is 8.78 Å². The Balaban J connectivity index is 1.96. The first-order valence-electron chi connectivity index (χ1n) is 6.00. The Labute approximate surface area is 109 Å². The molecule has 0 saturated carbocycles. The van der Waals surface area contributed by atoms with E-state index in [-0.39, 0.29) is 0 Å². The standard InChI is InChI=1S/C16H11F2N/c17-14-6-5-12(16(18)9-14)8-15-7-11-3-1-2-4-13(11)10-19-15/h1-7,9-10H,8H2. The Kier molecular flexibility index (Phi) is 2.95. The molecule has 0 radical (unpaired) electrons. The molecule has 2 aromatic carbocycles. The summed E-state index contributed by atoms with van der Waals surface area (Å²) in [6, 6.07) is 13.4. The summed E-state index contributed by atoms with van der Waals surface area (Å²) in [6.45, 7) is 0. The molecule has 0 amide bonds. The van der Waals surface area contributed by atoms with Crippen molar-refractivity contribution in [1.82, 2.24) is 4.98 Å². The van der Waals surface area contributed by atoms with E-state index in [0.717, 1.165) is 22.5 Å². The molecule has 19 heavy (non-hydrogen) atoms. The first-order valence-corrected chi connectivity index (χ1v) is 6.00. The van der Waals surface area contributed by atoms with Crippen molar-refractivity contribution in [2.45, 2.75) is 6.42 Å². The molecule has 0 aliphatic heterocycles. The largest absolute Gasteiger partial charge is 0.260 e. The minimum Gasteiger partial charge on any atom is -0.260 e. The quantitative estimate of drug-likeness (QED) is 0.671. The summed E-state index contributed by atoms with van der Waals surface area (Å²) in [4.78, 5) is 4.31. The number of rotatable bonds is 2. The topological polar surface area (TPSA) is 12.9 Å². The molecule has 0 atom stereocenters. The molecule has 94 valence electrons. The molecule has 1 nitrogen and oxygen atoms in total. The lowest BCUT2D eigenvalue weighted by Gasteiger charge is -2.04. The Morgan fingerprint density at radius 1 is 0.895 bits per heavy atom. The maximum Gasteiger partial charge on any atom is 0.129 e. The van der Waals surface area contributed by atoms with Crippen molar-refractivity contribution in [2.75, 3.05) is 0 Å². The number of aromatic nitrogens is 1. The van der Waals surface area contributed by atoms with Crippen LogP contribution in [0.25, 0.3) is 10.8 Å². The second kappa shape index (κ2) is 4.76. The Morgan fingerprint density at radius 3 is 2.47 bits per heavy atom. The highest BCUT2D eigenvalue weighted by molar-refractivity contribution is 5.81. The molecular weight excluding hydrogens is 244 g/mol. The molecule has 0 aliphatic rings. The van der Waals surface area contributed by atoms with Gasteiger partial charge >= 0.3 is 0 Å². The maximum atomic E-state index is 13.6. The van der Waals surface area contributed by atoms with Gasteiger partial charge in [-0.05, 0) is 23.1 Å². The third-order valence-corrected chi connectivity index (χ3v) is 3.07. The lowest BCUT2D eigenvalue weighted by Crippen LogP contribution is -1.96. The summed E-state index contributed by atoms with van der Waals surface area (Å²) in [5, 5.41) is 2.11. The van der Waals surface area contributed by atoms with E-state index in [0.29, 0.717) is 12.0 Å². The molecule has 0 spiro atoms. The van der Waals surface area contributed by atoms with E-state index in [1.807, 2.05) is 30.3 Å². The van der Waals surface area contributed by atoms with Gasteiger partial charge in [-0.15, -0.1) is 0 Å². The summed E-state index contributed by atoms with van der Waals surface area (Å²) in [7, 11) is 0. The molecular formula is C16H11F2N. The average Bonchev–Trinajstić information content (AvgIpc) is 2.42. The van der Waals surface area contributed by atoms with Crippen molar-refractivity contribution in [3.8, 4) is 0 Å². The zero-order valence-corrected chi connectivity index (χ0v) is 10.1. The SMILES string of the molecule is Fc1ccc(Cc2cc3ccccc3cn2)c(F)c1. The Hall–Kier alpha value is -2.29. The fourth-order valence-electron chi connectivity index (χ4n) is 2.09. The van der Waals surface area contributed by atoms with E-state index < -0.39 is 11.6 Å². The molecule has 3 heteroatoms. The van der Waals surface area contributed by atoms with Crippen LogP contribution < -0.4 is 0 Å². The van der Waals surface area contributed by atoms with Crippen molar-refractivity contribution < 1.29 is 8.78 Å². The molecule has 0 fully saturated rings. The number of halogens is 2. The number of hydrogen-bond acceptors (Lipinski definition) is 1. The normalized spacial score (nSPS) is 10.8. The number of benzene rings is 2. The van der Waals surface area contributed by atoms with Gasteiger partial charge in [0.1, 0.15) is 11.6 Å². The predicted molar refractivity (Wildman–Crippen MR) is 70.9 cm³/mol. The van der Waals surface area contributed by atoms with Crippen LogP contribution in [0.1, 0.15) is 11.3 Å². The zero-order valence-electron chi connectivity index (χ0n) is 10.1. The molecule has 1 aromatic heterocycles. The van der Waals surface area contributed by atoms with Gasteiger partial charge in [0.25, 0.3) is 0 Å². The number of pyridine rings is 1. The molecule has 0 bridgehead atoms. The van der Waals surface area contributed by atoms with Crippen LogP contribution in [0.5, 0.6) is 0 Å². The number of fused-ring (bicyclic) bond motifs is 1. The number of nitrogens with zero attached hydrogens (tertiary/aromatic N) is 1. The van der Waals surface area contributed by atoms with Crippen molar-refractivity contribution in [2.24, 2.45) is 0 Å². The monoisotopic (exact) mass is 255 g/mol. The van der Waals surface area contributed by atoms with Crippen molar-refractivity contribution in [3.63, 3.8) is 0 Å². The zero-order chi connectivity index (χ0) is 13.2. The first-order chi connectivity index (χ1) is 9.22.